The molecule has 0 aliphatic heterocycles. The second kappa shape index (κ2) is 9.81. The van der Waals surface area contributed by atoms with Crippen molar-refractivity contribution in [2.45, 2.75) is 52.4 Å². The van der Waals surface area contributed by atoms with Crippen LogP contribution in [0.3, 0.4) is 0 Å². The number of aromatic amines is 1. The van der Waals surface area contributed by atoms with Crippen LogP contribution in [0.1, 0.15) is 52.7 Å². The Bertz CT molecular complexity index is 2590. The Hall–Kier alpha value is -4.93. The quantitative estimate of drug-likeness (QED) is 0.194. The van der Waals surface area contributed by atoms with Gasteiger partial charge in [-0.15, -0.1) is 0 Å². The first kappa shape index (κ1) is 29.2. The van der Waals surface area contributed by atoms with Crippen molar-refractivity contribution in [3.8, 4) is 33.6 Å². The van der Waals surface area contributed by atoms with Gasteiger partial charge in [-0.3, -0.25) is 0 Å². The van der Waals surface area contributed by atoms with Crippen LogP contribution in [0.15, 0.2) is 108 Å². The molecule has 3 heterocycles. The molecule has 0 saturated carbocycles. The molecule has 1 aliphatic rings. The van der Waals surface area contributed by atoms with Gasteiger partial charge in [-0.05, 0) is 86.5 Å². The summed E-state index contributed by atoms with van der Waals surface area (Å²) in [5.74, 6) is 0. The minimum atomic E-state index is 0.0492. The van der Waals surface area contributed by atoms with Crippen LogP contribution >= 0.6 is 11.6 Å². The van der Waals surface area contributed by atoms with Gasteiger partial charge in [-0.1, -0.05) is 108 Å². The number of hydrogen-bond donors (Lipinski definition) is 1. The maximum atomic E-state index is 6.58. The largest absolute Gasteiger partial charge is 0.454 e. The standard InChI is InChI=1S/C43H36ClN3O/c1-41(2)32-21-30-28-17-18-29-31-20-27(16-19-37(31)48-39(29)38(28)45-36(30)22-33(32)42(3,4)43(41,5)6)24-12-14-26(15-13-24)35-23-34(46-40(44)47-35)25-10-8-7-9-11-25/h7-23,45H,1-6H3. The first-order valence-electron chi connectivity index (χ1n) is 16.6. The third-order valence-corrected chi connectivity index (χ3v) is 12.3. The highest BCUT2D eigenvalue weighted by atomic mass is 35.5. The van der Waals surface area contributed by atoms with Crippen molar-refractivity contribution in [3.05, 3.63) is 120 Å². The lowest BCUT2D eigenvalue weighted by Gasteiger charge is -2.44. The normalized spacial score (nSPS) is 16.3. The molecule has 236 valence electrons. The molecule has 0 atom stereocenters. The van der Waals surface area contributed by atoms with Crippen LogP contribution in [0, 0.1) is 5.41 Å². The second-order valence-corrected chi connectivity index (χ2v) is 15.3. The lowest BCUT2D eigenvalue weighted by atomic mass is 9.59. The fourth-order valence-corrected chi connectivity index (χ4v) is 8.26. The smallest absolute Gasteiger partial charge is 0.223 e. The van der Waals surface area contributed by atoms with E-state index in [1.54, 1.807) is 0 Å². The molecule has 0 bridgehead atoms. The van der Waals surface area contributed by atoms with Crippen LogP contribution in [0.2, 0.25) is 5.28 Å². The van der Waals surface area contributed by atoms with Gasteiger partial charge in [0.05, 0.1) is 16.9 Å². The minimum absolute atomic E-state index is 0.0492. The number of nitrogens with one attached hydrogen (secondary N) is 1. The molecule has 48 heavy (non-hydrogen) atoms. The number of fused-ring (bicyclic) bond motifs is 8. The van der Waals surface area contributed by atoms with Crippen molar-refractivity contribution in [1.82, 2.24) is 15.0 Å². The highest BCUT2D eigenvalue weighted by molar-refractivity contribution is 6.28. The van der Waals surface area contributed by atoms with Gasteiger partial charge in [0, 0.05) is 38.2 Å². The van der Waals surface area contributed by atoms with Gasteiger partial charge in [0.15, 0.2) is 5.58 Å². The number of nitrogens with zero attached hydrogens (tertiary/aromatic N) is 2. The van der Waals surface area contributed by atoms with Crippen molar-refractivity contribution < 1.29 is 4.42 Å². The van der Waals surface area contributed by atoms with Gasteiger partial charge in [0.2, 0.25) is 5.28 Å². The van der Waals surface area contributed by atoms with Crippen LogP contribution < -0.4 is 0 Å². The van der Waals surface area contributed by atoms with Crippen molar-refractivity contribution in [3.63, 3.8) is 0 Å². The number of benzene rings is 5. The number of rotatable bonds is 3. The molecular weight excluding hydrogens is 610 g/mol. The molecule has 0 amide bonds. The van der Waals surface area contributed by atoms with E-state index in [1.807, 2.05) is 36.4 Å². The van der Waals surface area contributed by atoms with E-state index in [0.717, 1.165) is 61.1 Å². The van der Waals surface area contributed by atoms with Gasteiger partial charge >= 0.3 is 0 Å². The number of halogens is 1. The third kappa shape index (κ3) is 3.96. The predicted molar refractivity (Wildman–Crippen MR) is 200 cm³/mol. The van der Waals surface area contributed by atoms with E-state index in [-0.39, 0.29) is 21.5 Å². The van der Waals surface area contributed by atoms with Crippen molar-refractivity contribution in [2.75, 3.05) is 0 Å². The Morgan fingerprint density at radius 2 is 1.17 bits per heavy atom. The van der Waals surface area contributed by atoms with E-state index < -0.39 is 0 Å². The van der Waals surface area contributed by atoms with Gasteiger partial charge in [-0.25, -0.2) is 9.97 Å². The molecule has 0 radical (unpaired) electrons. The fourth-order valence-electron chi connectivity index (χ4n) is 8.07. The summed E-state index contributed by atoms with van der Waals surface area (Å²) >= 11 is 6.35. The molecule has 5 aromatic carbocycles. The van der Waals surface area contributed by atoms with Crippen LogP contribution in [0.25, 0.3) is 77.4 Å². The summed E-state index contributed by atoms with van der Waals surface area (Å²) in [5.41, 5.74) is 12.9. The van der Waals surface area contributed by atoms with Crippen LogP contribution in [-0.4, -0.2) is 15.0 Å². The number of H-pyrrole nitrogens is 1. The average molecular weight is 646 g/mol. The van der Waals surface area contributed by atoms with Gasteiger partial charge < -0.3 is 9.40 Å². The maximum Gasteiger partial charge on any atom is 0.223 e. The zero-order valence-electron chi connectivity index (χ0n) is 28.0. The molecule has 8 aromatic rings. The summed E-state index contributed by atoms with van der Waals surface area (Å²) in [7, 11) is 0. The van der Waals surface area contributed by atoms with Crippen LogP contribution in [-0.2, 0) is 10.8 Å². The van der Waals surface area contributed by atoms with E-state index in [4.69, 9.17) is 16.0 Å². The lowest BCUT2D eigenvalue weighted by Crippen LogP contribution is -2.42. The van der Waals surface area contributed by atoms with Crippen molar-refractivity contribution in [2.24, 2.45) is 5.41 Å². The molecule has 0 spiro atoms. The first-order valence-corrected chi connectivity index (χ1v) is 17.0. The van der Waals surface area contributed by atoms with Gasteiger partial charge in [0.1, 0.15) is 5.58 Å². The van der Waals surface area contributed by atoms with E-state index in [0.29, 0.717) is 0 Å². The highest BCUT2D eigenvalue weighted by Crippen LogP contribution is 2.62. The van der Waals surface area contributed by atoms with Gasteiger partial charge in [0.25, 0.3) is 0 Å². The number of aromatic nitrogens is 3. The summed E-state index contributed by atoms with van der Waals surface area (Å²) in [6, 6.07) is 36.2. The first-order chi connectivity index (χ1) is 22.9. The fraction of sp³-hybridized carbons (Fsp3) is 0.209. The zero-order valence-corrected chi connectivity index (χ0v) is 28.8. The Kier molecular flexibility index (Phi) is 5.97. The molecule has 3 aromatic heterocycles. The predicted octanol–water partition coefficient (Wildman–Crippen LogP) is 12.3. The summed E-state index contributed by atoms with van der Waals surface area (Å²) < 4.78 is 6.58. The number of hydrogen-bond acceptors (Lipinski definition) is 3. The molecular formula is C43H36ClN3O. The van der Waals surface area contributed by atoms with E-state index in [2.05, 4.69) is 123 Å². The van der Waals surface area contributed by atoms with Crippen molar-refractivity contribution in [1.29, 1.82) is 0 Å². The van der Waals surface area contributed by atoms with E-state index in [1.165, 1.54) is 27.4 Å². The van der Waals surface area contributed by atoms with Crippen molar-refractivity contribution >= 4 is 55.3 Å². The Morgan fingerprint density at radius 3 is 1.88 bits per heavy atom. The lowest BCUT2D eigenvalue weighted by molar-refractivity contribution is 0.125. The van der Waals surface area contributed by atoms with Gasteiger partial charge in [-0.2, -0.15) is 0 Å². The monoisotopic (exact) mass is 645 g/mol. The summed E-state index contributed by atoms with van der Waals surface area (Å²) in [6.07, 6.45) is 0. The van der Waals surface area contributed by atoms with E-state index >= 15 is 0 Å². The zero-order chi connectivity index (χ0) is 33.2. The average Bonchev–Trinajstić information content (AvgIpc) is 3.67. The number of furan rings is 1. The molecule has 0 unspecified atom stereocenters. The van der Waals surface area contributed by atoms with Crippen LogP contribution in [0.5, 0.6) is 0 Å². The topological polar surface area (TPSA) is 54.7 Å². The Labute approximate surface area is 284 Å². The molecule has 0 saturated heterocycles. The highest BCUT2D eigenvalue weighted by Gasteiger charge is 2.56. The summed E-state index contributed by atoms with van der Waals surface area (Å²) in [6.45, 7) is 14.4. The van der Waals surface area contributed by atoms with Crippen LogP contribution in [0.4, 0.5) is 0 Å². The molecule has 5 heteroatoms. The molecule has 9 rings (SSSR count). The maximum absolute atomic E-state index is 6.58. The SMILES string of the molecule is CC1(C)c2cc3[nH]c4c(ccc5c6cc(-c7ccc(-c8cc(-c9ccccc9)nc(Cl)n8)cc7)ccc6oc54)c3cc2C(C)(C)C1(C)C. The molecule has 1 aliphatic carbocycles. The Morgan fingerprint density at radius 1 is 0.562 bits per heavy atom. The molecule has 0 fully saturated rings. The second-order valence-electron chi connectivity index (χ2n) is 15.0. The third-order valence-electron chi connectivity index (χ3n) is 12.1. The molecule has 4 nitrogen and oxygen atoms in total. The van der Waals surface area contributed by atoms with E-state index in [9.17, 15) is 0 Å². The molecule has 1 N–H and O–H groups in total. The summed E-state index contributed by atoms with van der Waals surface area (Å²) in [5, 5.41) is 4.91. The summed E-state index contributed by atoms with van der Waals surface area (Å²) in [4.78, 5) is 12.7. The Balaban J connectivity index is 1.11. The minimum Gasteiger partial charge on any atom is -0.454 e.